The molecule has 0 amide bonds. The van der Waals surface area contributed by atoms with Crippen LogP contribution in [0.5, 0.6) is 0 Å². The lowest BCUT2D eigenvalue weighted by molar-refractivity contribution is -0.147. The number of carboxylic acid groups (broad SMARTS) is 4. The van der Waals surface area contributed by atoms with Crippen LogP contribution in [0.2, 0.25) is 0 Å². The first-order chi connectivity index (χ1) is 8.23. The molecule has 0 saturated heterocycles. The molecule has 0 radical (unpaired) electrons. The molecule has 0 saturated carbocycles. The van der Waals surface area contributed by atoms with E-state index in [2.05, 4.69) is 0 Å². The Morgan fingerprint density at radius 1 is 0.833 bits per heavy atom. The topological polar surface area (TPSA) is 149 Å². The fourth-order valence-electron chi connectivity index (χ4n) is 1.04. The van der Waals surface area contributed by atoms with E-state index in [1.165, 1.54) is 0 Å². The van der Waals surface area contributed by atoms with Gasteiger partial charge in [0.15, 0.2) is 0 Å². The Balaban J connectivity index is 4.45. The van der Waals surface area contributed by atoms with Gasteiger partial charge in [0.1, 0.15) is 5.25 Å². The van der Waals surface area contributed by atoms with Gasteiger partial charge in [0.05, 0.1) is 18.8 Å². The van der Waals surface area contributed by atoms with Gasteiger partial charge in [-0.1, -0.05) is 0 Å². The summed E-state index contributed by atoms with van der Waals surface area (Å²) in [5.74, 6) is -6.88. The molecular formula is C9H12O8S. The van der Waals surface area contributed by atoms with E-state index in [1.807, 2.05) is 0 Å². The fourth-order valence-corrected chi connectivity index (χ4v) is 2.16. The third-order valence-electron chi connectivity index (χ3n) is 1.90. The fraction of sp³-hybridized carbons (Fsp3) is 0.556. The zero-order valence-electron chi connectivity index (χ0n) is 9.11. The molecule has 8 nitrogen and oxygen atoms in total. The van der Waals surface area contributed by atoms with Crippen LogP contribution in [0, 0.1) is 5.92 Å². The van der Waals surface area contributed by atoms with E-state index < -0.39 is 47.9 Å². The molecule has 0 spiro atoms. The molecule has 0 aromatic carbocycles. The van der Waals surface area contributed by atoms with E-state index >= 15 is 0 Å². The SMILES string of the molecule is O=C(O)CC(CSC(CC(=O)O)C(=O)O)C(=O)O. The number of aliphatic carboxylic acids is 4. The highest BCUT2D eigenvalue weighted by atomic mass is 32.2. The molecule has 0 heterocycles. The van der Waals surface area contributed by atoms with Gasteiger partial charge in [-0.3, -0.25) is 19.2 Å². The van der Waals surface area contributed by atoms with Crippen LogP contribution in [0.1, 0.15) is 12.8 Å². The van der Waals surface area contributed by atoms with Crippen LogP contribution < -0.4 is 0 Å². The van der Waals surface area contributed by atoms with Crippen molar-refractivity contribution in [1.82, 2.24) is 0 Å². The first kappa shape index (κ1) is 16.2. The lowest BCUT2D eigenvalue weighted by Gasteiger charge is -2.13. The Kier molecular flexibility index (Phi) is 6.79. The highest BCUT2D eigenvalue weighted by Gasteiger charge is 2.27. The summed E-state index contributed by atoms with van der Waals surface area (Å²) in [4.78, 5) is 42.2. The minimum atomic E-state index is -1.37. The molecular weight excluding hydrogens is 268 g/mol. The van der Waals surface area contributed by atoms with Crippen molar-refractivity contribution in [2.75, 3.05) is 5.75 Å². The Hall–Kier alpha value is -1.77. The number of thioether (sulfide) groups is 1. The number of carboxylic acids is 4. The normalized spacial score (nSPS) is 13.6. The monoisotopic (exact) mass is 280 g/mol. The van der Waals surface area contributed by atoms with Crippen molar-refractivity contribution in [2.45, 2.75) is 18.1 Å². The van der Waals surface area contributed by atoms with Crippen molar-refractivity contribution in [1.29, 1.82) is 0 Å². The predicted molar refractivity (Wildman–Crippen MR) is 59.5 cm³/mol. The van der Waals surface area contributed by atoms with Crippen molar-refractivity contribution in [2.24, 2.45) is 5.92 Å². The Morgan fingerprint density at radius 2 is 1.33 bits per heavy atom. The second kappa shape index (κ2) is 7.54. The van der Waals surface area contributed by atoms with Gasteiger partial charge < -0.3 is 20.4 Å². The Bertz CT molecular complexity index is 318. The Morgan fingerprint density at radius 3 is 1.67 bits per heavy atom. The Labute approximate surface area is 106 Å². The summed E-state index contributed by atoms with van der Waals surface area (Å²) in [7, 11) is 0. The van der Waals surface area contributed by atoms with Crippen molar-refractivity contribution in [3.63, 3.8) is 0 Å². The summed E-state index contributed by atoms with van der Waals surface area (Å²) >= 11 is 0.612. The molecule has 2 atom stereocenters. The molecule has 9 heteroatoms. The molecule has 2 unspecified atom stereocenters. The lowest BCUT2D eigenvalue weighted by Crippen LogP contribution is -2.25. The van der Waals surface area contributed by atoms with Crippen LogP contribution in [0.15, 0.2) is 0 Å². The largest absolute Gasteiger partial charge is 0.481 e. The highest BCUT2D eigenvalue weighted by molar-refractivity contribution is 8.00. The summed E-state index contributed by atoms with van der Waals surface area (Å²) in [6, 6.07) is 0. The standard InChI is InChI=1S/C9H12O8S/c10-6(11)1-4(8(14)15)3-18-5(9(16)17)2-7(12)13/h4-5H,1-3H2,(H,10,11)(H,12,13)(H,14,15)(H,16,17). The third kappa shape index (κ3) is 6.74. The summed E-state index contributed by atoms with van der Waals surface area (Å²) in [6.07, 6.45) is -1.29. The second-order valence-corrected chi connectivity index (χ2v) is 4.63. The second-order valence-electron chi connectivity index (χ2n) is 3.39. The van der Waals surface area contributed by atoms with E-state index in [0.717, 1.165) is 0 Å². The van der Waals surface area contributed by atoms with Crippen LogP contribution in [-0.2, 0) is 19.2 Å². The van der Waals surface area contributed by atoms with E-state index in [1.54, 1.807) is 0 Å². The maximum Gasteiger partial charge on any atom is 0.317 e. The number of hydrogen-bond donors (Lipinski definition) is 4. The van der Waals surface area contributed by atoms with Gasteiger partial charge in [0, 0.05) is 5.75 Å². The van der Waals surface area contributed by atoms with Gasteiger partial charge in [-0.25, -0.2) is 0 Å². The quantitative estimate of drug-likeness (QED) is 0.451. The average Bonchev–Trinajstić information content (AvgIpc) is 2.20. The van der Waals surface area contributed by atoms with Crippen molar-refractivity contribution < 1.29 is 39.6 Å². The smallest absolute Gasteiger partial charge is 0.317 e. The molecule has 0 rings (SSSR count). The maximum absolute atomic E-state index is 10.7. The molecule has 0 aromatic heterocycles. The summed E-state index contributed by atoms with van der Waals surface area (Å²) < 4.78 is 0. The van der Waals surface area contributed by atoms with Gasteiger partial charge in [0.25, 0.3) is 0 Å². The van der Waals surface area contributed by atoms with Crippen LogP contribution >= 0.6 is 11.8 Å². The molecule has 0 bridgehead atoms. The minimum absolute atomic E-state index is 0.272. The zero-order valence-corrected chi connectivity index (χ0v) is 9.92. The molecule has 0 aliphatic carbocycles. The van der Waals surface area contributed by atoms with Gasteiger partial charge in [-0.05, 0) is 0 Å². The molecule has 0 fully saturated rings. The van der Waals surface area contributed by atoms with E-state index in [9.17, 15) is 19.2 Å². The number of carbonyl (C=O) groups is 4. The molecule has 0 aliphatic rings. The van der Waals surface area contributed by atoms with Crippen molar-refractivity contribution >= 4 is 35.6 Å². The highest BCUT2D eigenvalue weighted by Crippen LogP contribution is 2.20. The molecule has 18 heavy (non-hydrogen) atoms. The van der Waals surface area contributed by atoms with Gasteiger partial charge in [-0.2, -0.15) is 0 Å². The van der Waals surface area contributed by atoms with E-state index in [0.29, 0.717) is 11.8 Å². The number of rotatable bonds is 9. The summed E-state index contributed by atoms with van der Waals surface area (Å²) in [5, 5.41) is 33.1. The van der Waals surface area contributed by atoms with Crippen LogP contribution in [-0.4, -0.2) is 55.3 Å². The molecule has 0 aliphatic heterocycles. The molecule has 4 N–H and O–H groups in total. The first-order valence-corrected chi connectivity index (χ1v) is 5.79. The van der Waals surface area contributed by atoms with E-state index in [-0.39, 0.29) is 5.75 Å². The van der Waals surface area contributed by atoms with Crippen molar-refractivity contribution in [3.05, 3.63) is 0 Å². The number of hydrogen-bond acceptors (Lipinski definition) is 5. The minimum Gasteiger partial charge on any atom is -0.481 e. The lowest BCUT2D eigenvalue weighted by atomic mass is 10.1. The van der Waals surface area contributed by atoms with Gasteiger partial charge >= 0.3 is 23.9 Å². The van der Waals surface area contributed by atoms with Gasteiger partial charge in [0.2, 0.25) is 0 Å². The third-order valence-corrected chi connectivity index (χ3v) is 3.27. The van der Waals surface area contributed by atoms with Crippen LogP contribution in [0.25, 0.3) is 0 Å². The summed E-state index contributed by atoms with van der Waals surface area (Å²) in [5.41, 5.74) is 0. The summed E-state index contributed by atoms with van der Waals surface area (Å²) in [6.45, 7) is 0. The van der Waals surface area contributed by atoms with Crippen molar-refractivity contribution in [3.8, 4) is 0 Å². The molecule has 0 aromatic rings. The van der Waals surface area contributed by atoms with E-state index in [4.69, 9.17) is 20.4 Å². The van der Waals surface area contributed by atoms with Crippen LogP contribution in [0.3, 0.4) is 0 Å². The average molecular weight is 280 g/mol. The first-order valence-electron chi connectivity index (χ1n) is 4.74. The predicted octanol–water partition coefficient (Wildman–Crippen LogP) is -0.177. The maximum atomic E-state index is 10.7. The van der Waals surface area contributed by atoms with Crippen LogP contribution in [0.4, 0.5) is 0 Å². The zero-order chi connectivity index (χ0) is 14.3. The molecule has 102 valence electrons. The van der Waals surface area contributed by atoms with Gasteiger partial charge in [-0.15, -0.1) is 11.8 Å².